The number of nitrogens with zero attached hydrogens (tertiary/aromatic N) is 5. The molecule has 4 heterocycles. The van der Waals surface area contributed by atoms with Gasteiger partial charge in [0, 0.05) is 26.2 Å². The molecule has 8 nitrogen and oxygen atoms in total. The largest absolute Gasteiger partial charge is 0.481 e. The first-order valence-corrected chi connectivity index (χ1v) is 9.98. The second-order valence-corrected chi connectivity index (χ2v) is 7.44. The number of nitrogens with one attached hydrogen (secondary N) is 1. The van der Waals surface area contributed by atoms with Crippen molar-refractivity contribution in [2.45, 2.75) is 32.1 Å². The third-order valence-electron chi connectivity index (χ3n) is 5.39. The number of carboxylic acid groups (broad SMARTS) is 1. The summed E-state index contributed by atoms with van der Waals surface area (Å²) in [6.45, 7) is 3.36. The maximum atomic E-state index is 11.3. The van der Waals surface area contributed by atoms with Crippen molar-refractivity contribution in [3.8, 4) is 0 Å². The van der Waals surface area contributed by atoms with Crippen molar-refractivity contribution in [2.75, 3.05) is 41.3 Å². The van der Waals surface area contributed by atoms with E-state index in [2.05, 4.69) is 20.2 Å². The highest BCUT2D eigenvalue weighted by atomic mass is 16.4. The fraction of sp³-hybridized carbons (Fsp3) is 0.500. The number of rotatable bonds is 5. The Morgan fingerprint density at radius 2 is 1.75 bits per heavy atom. The number of hydrogen-bond donors (Lipinski definition) is 2. The number of carboxylic acids is 1. The van der Waals surface area contributed by atoms with Crippen LogP contribution in [0.25, 0.3) is 0 Å². The summed E-state index contributed by atoms with van der Waals surface area (Å²) in [6.07, 6.45) is 8.75. The van der Waals surface area contributed by atoms with E-state index >= 15 is 0 Å². The SMILES string of the molecule is O=C(O)C1CCCN(c2cccc(Nc3cncc(N4CCCCC4)n3)n2)C1. The van der Waals surface area contributed by atoms with E-state index in [9.17, 15) is 9.90 Å². The highest BCUT2D eigenvalue weighted by molar-refractivity contribution is 5.71. The number of aliphatic carboxylic acids is 1. The van der Waals surface area contributed by atoms with Gasteiger partial charge in [-0.25, -0.2) is 9.97 Å². The van der Waals surface area contributed by atoms with Gasteiger partial charge in [-0.05, 0) is 44.2 Å². The zero-order valence-electron chi connectivity index (χ0n) is 15.9. The molecule has 2 fully saturated rings. The Morgan fingerprint density at radius 1 is 0.964 bits per heavy atom. The monoisotopic (exact) mass is 382 g/mol. The molecule has 0 aromatic carbocycles. The smallest absolute Gasteiger partial charge is 0.308 e. The van der Waals surface area contributed by atoms with Gasteiger partial charge in [0.05, 0.1) is 18.3 Å². The summed E-state index contributed by atoms with van der Waals surface area (Å²) >= 11 is 0. The van der Waals surface area contributed by atoms with E-state index in [1.54, 1.807) is 12.4 Å². The molecular weight excluding hydrogens is 356 g/mol. The van der Waals surface area contributed by atoms with E-state index in [1.165, 1.54) is 19.3 Å². The molecule has 0 aliphatic carbocycles. The minimum absolute atomic E-state index is 0.334. The maximum Gasteiger partial charge on any atom is 0.308 e. The highest BCUT2D eigenvalue weighted by Crippen LogP contribution is 2.24. The van der Waals surface area contributed by atoms with E-state index in [0.29, 0.717) is 18.2 Å². The number of aromatic nitrogens is 3. The lowest BCUT2D eigenvalue weighted by molar-refractivity contribution is -0.141. The summed E-state index contributed by atoms with van der Waals surface area (Å²) in [7, 11) is 0. The molecule has 4 rings (SSSR count). The van der Waals surface area contributed by atoms with E-state index in [4.69, 9.17) is 4.98 Å². The van der Waals surface area contributed by atoms with Crippen LogP contribution in [0.5, 0.6) is 0 Å². The number of carbonyl (C=O) groups is 1. The molecule has 148 valence electrons. The van der Waals surface area contributed by atoms with Gasteiger partial charge in [-0.1, -0.05) is 6.07 Å². The third-order valence-corrected chi connectivity index (χ3v) is 5.39. The number of pyridine rings is 1. The zero-order valence-corrected chi connectivity index (χ0v) is 15.9. The molecule has 1 atom stereocenters. The van der Waals surface area contributed by atoms with Crippen LogP contribution in [0.4, 0.5) is 23.3 Å². The quantitative estimate of drug-likeness (QED) is 0.815. The molecule has 2 N–H and O–H groups in total. The predicted molar refractivity (Wildman–Crippen MR) is 108 cm³/mol. The lowest BCUT2D eigenvalue weighted by Crippen LogP contribution is -2.39. The van der Waals surface area contributed by atoms with Gasteiger partial charge < -0.3 is 20.2 Å². The van der Waals surface area contributed by atoms with E-state index in [1.807, 2.05) is 23.1 Å². The van der Waals surface area contributed by atoms with Gasteiger partial charge >= 0.3 is 5.97 Å². The van der Waals surface area contributed by atoms with E-state index in [0.717, 1.165) is 44.1 Å². The summed E-state index contributed by atoms with van der Waals surface area (Å²) in [4.78, 5) is 29.3. The molecule has 2 aliphatic rings. The van der Waals surface area contributed by atoms with Crippen LogP contribution in [0.15, 0.2) is 30.6 Å². The van der Waals surface area contributed by atoms with Crippen LogP contribution < -0.4 is 15.1 Å². The Labute approximate surface area is 164 Å². The Morgan fingerprint density at radius 3 is 2.57 bits per heavy atom. The Bertz CT molecular complexity index is 824. The average Bonchev–Trinajstić information content (AvgIpc) is 2.75. The summed E-state index contributed by atoms with van der Waals surface area (Å²) in [5.41, 5.74) is 0. The van der Waals surface area contributed by atoms with Gasteiger partial charge in [0.25, 0.3) is 0 Å². The lowest BCUT2D eigenvalue weighted by atomic mass is 9.98. The summed E-state index contributed by atoms with van der Waals surface area (Å²) in [6, 6.07) is 5.74. The second-order valence-electron chi connectivity index (χ2n) is 7.44. The molecule has 2 aromatic heterocycles. The molecule has 8 heteroatoms. The van der Waals surface area contributed by atoms with E-state index in [-0.39, 0.29) is 5.92 Å². The standard InChI is InChI=1S/C20H26N6O2/c27-20(28)15-6-5-11-26(14-15)18-8-4-7-16(23-18)22-17-12-21-13-19(24-17)25-9-2-1-3-10-25/h4,7-8,12-13,15H,1-3,5-6,9-11,14H2,(H,27,28)(H,22,23,24). The number of anilines is 4. The molecule has 2 saturated heterocycles. The van der Waals surface area contributed by atoms with Crippen molar-refractivity contribution < 1.29 is 9.90 Å². The van der Waals surface area contributed by atoms with Crippen LogP contribution in [0.1, 0.15) is 32.1 Å². The molecule has 1 unspecified atom stereocenters. The number of piperidine rings is 2. The molecule has 0 spiro atoms. The molecule has 2 aromatic rings. The lowest BCUT2D eigenvalue weighted by Gasteiger charge is -2.31. The molecule has 2 aliphatic heterocycles. The summed E-state index contributed by atoms with van der Waals surface area (Å²) in [5.74, 6) is 1.95. The van der Waals surface area contributed by atoms with Gasteiger partial charge in [-0.15, -0.1) is 0 Å². The van der Waals surface area contributed by atoms with Crippen LogP contribution in [0.3, 0.4) is 0 Å². The molecular formula is C20H26N6O2. The molecule has 0 saturated carbocycles. The van der Waals surface area contributed by atoms with Crippen molar-refractivity contribution in [1.82, 2.24) is 15.0 Å². The van der Waals surface area contributed by atoms with Crippen molar-refractivity contribution >= 4 is 29.2 Å². The van der Waals surface area contributed by atoms with Crippen LogP contribution in [-0.2, 0) is 4.79 Å². The maximum absolute atomic E-state index is 11.3. The van der Waals surface area contributed by atoms with Gasteiger partial charge in [-0.2, -0.15) is 0 Å². The van der Waals surface area contributed by atoms with Gasteiger partial charge in [-0.3, -0.25) is 9.78 Å². The van der Waals surface area contributed by atoms with Gasteiger partial charge in [0.2, 0.25) is 0 Å². The first-order chi connectivity index (χ1) is 13.7. The summed E-state index contributed by atoms with van der Waals surface area (Å²) < 4.78 is 0. The highest BCUT2D eigenvalue weighted by Gasteiger charge is 2.26. The second kappa shape index (κ2) is 8.41. The molecule has 0 radical (unpaired) electrons. The Balaban J connectivity index is 1.47. The van der Waals surface area contributed by atoms with Crippen molar-refractivity contribution in [1.29, 1.82) is 0 Å². The van der Waals surface area contributed by atoms with Gasteiger partial charge in [0.1, 0.15) is 17.5 Å². The Kier molecular flexibility index (Phi) is 5.55. The molecule has 0 bridgehead atoms. The fourth-order valence-electron chi connectivity index (χ4n) is 3.88. The van der Waals surface area contributed by atoms with Crippen LogP contribution in [0.2, 0.25) is 0 Å². The van der Waals surface area contributed by atoms with Gasteiger partial charge in [0.15, 0.2) is 5.82 Å². The van der Waals surface area contributed by atoms with Crippen LogP contribution in [0, 0.1) is 5.92 Å². The molecule has 28 heavy (non-hydrogen) atoms. The first-order valence-electron chi connectivity index (χ1n) is 9.98. The Hall–Kier alpha value is -2.90. The third kappa shape index (κ3) is 4.32. The predicted octanol–water partition coefficient (Wildman–Crippen LogP) is 2.91. The van der Waals surface area contributed by atoms with Crippen molar-refractivity contribution in [2.24, 2.45) is 5.92 Å². The van der Waals surface area contributed by atoms with Crippen molar-refractivity contribution in [3.05, 3.63) is 30.6 Å². The normalized spacial score (nSPS) is 20.1. The minimum atomic E-state index is -0.733. The van der Waals surface area contributed by atoms with E-state index < -0.39 is 5.97 Å². The van der Waals surface area contributed by atoms with Crippen molar-refractivity contribution in [3.63, 3.8) is 0 Å². The van der Waals surface area contributed by atoms with Crippen LogP contribution in [-0.4, -0.2) is 52.2 Å². The average molecular weight is 382 g/mol. The zero-order chi connectivity index (χ0) is 19.3. The molecule has 0 amide bonds. The topological polar surface area (TPSA) is 94.5 Å². The number of hydrogen-bond acceptors (Lipinski definition) is 7. The first kappa shape index (κ1) is 18.5. The summed E-state index contributed by atoms with van der Waals surface area (Å²) in [5, 5.41) is 12.5. The fourth-order valence-corrected chi connectivity index (χ4v) is 3.88. The van der Waals surface area contributed by atoms with Crippen LogP contribution >= 0.6 is 0 Å². The minimum Gasteiger partial charge on any atom is -0.481 e.